The van der Waals surface area contributed by atoms with E-state index in [1.54, 1.807) is 12.1 Å². The van der Waals surface area contributed by atoms with Crippen molar-refractivity contribution in [2.75, 3.05) is 4.90 Å². The third-order valence-corrected chi connectivity index (χ3v) is 8.74. The average Bonchev–Trinajstić information content (AvgIpc) is 3.42. The Labute approximate surface area is 243 Å². The van der Waals surface area contributed by atoms with E-state index in [-0.39, 0.29) is 0 Å². The fourth-order valence-electron chi connectivity index (χ4n) is 5.44. The van der Waals surface area contributed by atoms with E-state index < -0.39 is 7.12 Å². The molecule has 196 valence electrons. The van der Waals surface area contributed by atoms with E-state index in [2.05, 4.69) is 108 Å². The first-order chi connectivity index (χ1) is 20.2. The van der Waals surface area contributed by atoms with Gasteiger partial charge in [0.15, 0.2) is 0 Å². The van der Waals surface area contributed by atoms with Crippen molar-refractivity contribution >= 4 is 61.2 Å². The zero-order valence-electron chi connectivity index (χ0n) is 22.2. The van der Waals surface area contributed by atoms with E-state index >= 15 is 0 Å². The summed E-state index contributed by atoms with van der Waals surface area (Å²) in [5.41, 5.74) is 8.15. The summed E-state index contributed by atoms with van der Waals surface area (Å²) in [6.45, 7) is 0. The Bertz CT molecular complexity index is 1950. The summed E-state index contributed by atoms with van der Waals surface area (Å²) < 4.78 is 2.60. The fourth-order valence-corrected chi connectivity index (χ4v) is 6.68. The first-order valence-electron chi connectivity index (χ1n) is 13.6. The van der Waals surface area contributed by atoms with Crippen molar-refractivity contribution in [1.82, 2.24) is 0 Å². The number of thiophene rings is 1. The van der Waals surface area contributed by atoms with Crippen LogP contribution in [0.1, 0.15) is 0 Å². The number of hydrogen-bond donors (Lipinski definition) is 2. The predicted octanol–water partition coefficient (Wildman–Crippen LogP) is 8.54. The molecule has 5 heteroatoms. The molecule has 0 spiro atoms. The SMILES string of the molecule is OB(O)c1ccc(N(c2ccc(-c3ccccc3)cc2)c2ccc(-c3cccc4c3sc3ccccc34)cc2)cc1. The Balaban J connectivity index is 1.29. The molecule has 6 aromatic carbocycles. The van der Waals surface area contributed by atoms with Gasteiger partial charge in [0.2, 0.25) is 0 Å². The summed E-state index contributed by atoms with van der Waals surface area (Å²) in [6.07, 6.45) is 0. The van der Waals surface area contributed by atoms with Crippen LogP contribution in [-0.2, 0) is 0 Å². The summed E-state index contributed by atoms with van der Waals surface area (Å²) in [7, 11) is -1.50. The topological polar surface area (TPSA) is 43.7 Å². The van der Waals surface area contributed by atoms with Crippen molar-refractivity contribution in [2.45, 2.75) is 0 Å². The summed E-state index contributed by atoms with van der Waals surface area (Å²) in [5.74, 6) is 0. The maximum atomic E-state index is 9.63. The van der Waals surface area contributed by atoms with Gasteiger partial charge in [0, 0.05) is 37.2 Å². The number of nitrogens with zero attached hydrogens (tertiary/aromatic N) is 1. The molecule has 1 heterocycles. The van der Waals surface area contributed by atoms with E-state index in [0.29, 0.717) is 5.46 Å². The maximum absolute atomic E-state index is 9.63. The van der Waals surface area contributed by atoms with Crippen molar-refractivity contribution < 1.29 is 10.0 Å². The second-order valence-corrected chi connectivity index (χ2v) is 11.1. The van der Waals surface area contributed by atoms with Crippen LogP contribution in [0.3, 0.4) is 0 Å². The summed E-state index contributed by atoms with van der Waals surface area (Å²) in [5, 5.41) is 21.8. The number of anilines is 3. The molecule has 2 N–H and O–H groups in total. The molecule has 7 aromatic rings. The monoisotopic (exact) mass is 547 g/mol. The molecule has 1 aromatic heterocycles. The van der Waals surface area contributed by atoms with Crippen LogP contribution in [0.2, 0.25) is 0 Å². The molecule has 0 aliphatic heterocycles. The molecule has 0 amide bonds. The van der Waals surface area contributed by atoms with Gasteiger partial charge in [-0.25, -0.2) is 0 Å². The number of rotatable bonds is 6. The van der Waals surface area contributed by atoms with Gasteiger partial charge in [0.25, 0.3) is 0 Å². The average molecular weight is 547 g/mol. The van der Waals surface area contributed by atoms with Crippen molar-refractivity contribution in [3.8, 4) is 22.3 Å². The lowest BCUT2D eigenvalue weighted by Crippen LogP contribution is -2.29. The largest absolute Gasteiger partial charge is 0.488 e. The lowest BCUT2D eigenvalue weighted by molar-refractivity contribution is 0.426. The molecule has 0 aliphatic carbocycles. The molecule has 0 bridgehead atoms. The molecule has 3 nitrogen and oxygen atoms in total. The van der Waals surface area contributed by atoms with Gasteiger partial charge in [0.1, 0.15) is 0 Å². The Morgan fingerprint density at radius 2 is 1.00 bits per heavy atom. The van der Waals surface area contributed by atoms with Gasteiger partial charge in [-0.1, -0.05) is 103 Å². The van der Waals surface area contributed by atoms with Crippen LogP contribution in [0.4, 0.5) is 17.1 Å². The number of benzene rings is 6. The quantitative estimate of drug-likeness (QED) is 0.205. The minimum absolute atomic E-state index is 0.458. The van der Waals surface area contributed by atoms with E-state index in [1.807, 2.05) is 41.7 Å². The van der Waals surface area contributed by atoms with Crippen LogP contribution in [0.15, 0.2) is 146 Å². The first-order valence-corrected chi connectivity index (χ1v) is 14.4. The molecule has 7 rings (SSSR count). The van der Waals surface area contributed by atoms with Crippen LogP contribution in [0.5, 0.6) is 0 Å². The molecule has 41 heavy (non-hydrogen) atoms. The van der Waals surface area contributed by atoms with Crippen LogP contribution < -0.4 is 10.4 Å². The van der Waals surface area contributed by atoms with Crippen molar-refractivity contribution in [3.05, 3.63) is 146 Å². The van der Waals surface area contributed by atoms with Gasteiger partial charge in [-0.3, -0.25) is 0 Å². The second kappa shape index (κ2) is 10.7. The highest BCUT2D eigenvalue weighted by Gasteiger charge is 2.16. The summed E-state index contributed by atoms with van der Waals surface area (Å²) >= 11 is 1.84. The van der Waals surface area contributed by atoms with Gasteiger partial charge in [-0.2, -0.15) is 0 Å². The zero-order valence-corrected chi connectivity index (χ0v) is 23.0. The molecule has 0 unspecified atom stereocenters. The van der Waals surface area contributed by atoms with Gasteiger partial charge < -0.3 is 14.9 Å². The maximum Gasteiger partial charge on any atom is 0.488 e. The minimum Gasteiger partial charge on any atom is -0.423 e. The molecular formula is C36H26BNO2S. The molecule has 0 saturated heterocycles. The van der Waals surface area contributed by atoms with Crippen LogP contribution in [0, 0.1) is 0 Å². The lowest BCUT2D eigenvalue weighted by atomic mass is 9.80. The highest BCUT2D eigenvalue weighted by Crippen LogP contribution is 2.41. The van der Waals surface area contributed by atoms with E-state index in [9.17, 15) is 10.0 Å². The molecule has 0 atom stereocenters. The molecule has 0 radical (unpaired) electrons. The van der Waals surface area contributed by atoms with Crippen molar-refractivity contribution in [3.63, 3.8) is 0 Å². The number of fused-ring (bicyclic) bond motifs is 3. The molecule has 0 aliphatic rings. The fraction of sp³-hybridized carbons (Fsp3) is 0. The summed E-state index contributed by atoms with van der Waals surface area (Å²) in [6, 6.07) is 50.0. The van der Waals surface area contributed by atoms with E-state index in [0.717, 1.165) is 22.6 Å². The van der Waals surface area contributed by atoms with Crippen molar-refractivity contribution in [1.29, 1.82) is 0 Å². The Morgan fingerprint density at radius 3 is 1.66 bits per heavy atom. The van der Waals surface area contributed by atoms with E-state index in [4.69, 9.17) is 0 Å². The highest BCUT2D eigenvalue weighted by molar-refractivity contribution is 7.26. The molecule has 0 saturated carbocycles. The standard InChI is InChI=1S/C36H26BNO2S/c39-37(40)28-17-23-31(24-18-28)38(29-19-13-26(14-20-29)25-7-2-1-3-8-25)30-21-15-27(16-22-30)32-10-6-11-34-33-9-4-5-12-35(33)41-36(32)34/h1-24,39-40H. The highest BCUT2D eigenvalue weighted by atomic mass is 32.1. The smallest absolute Gasteiger partial charge is 0.423 e. The molecule has 0 fully saturated rings. The third-order valence-electron chi connectivity index (χ3n) is 7.52. The summed E-state index contributed by atoms with van der Waals surface area (Å²) in [4.78, 5) is 2.19. The van der Waals surface area contributed by atoms with Gasteiger partial charge >= 0.3 is 7.12 Å². The van der Waals surface area contributed by atoms with Crippen LogP contribution in [-0.4, -0.2) is 17.2 Å². The first kappa shape index (κ1) is 25.3. The minimum atomic E-state index is -1.50. The van der Waals surface area contributed by atoms with Gasteiger partial charge in [0.05, 0.1) is 0 Å². The van der Waals surface area contributed by atoms with Gasteiger partial charge in [-0.15, -0.1) is 11.3 Å². The second-order valence-electron chi connectivity index (χ2n) is 10.0. The Morgan fingerprint density at radius 1 is 0.463 bits per heavy atom. The van der Waals surface area contributed by atoms with Crippen molar-refractivity contribution in [2.24, 2.45) is 0 Å². The normalized spacial score (nSPS) is 11.2. The van der Waals surface area contributed by atoms with Gasteiger partial charge in [-0.05, 0) is 70.2 Å². The predicted molar refractivity (Wildman–Crippen MR) is 175 cm³/mol. The molecular weight excluding hydrogens is 521 g/mol. The Kier molecular flexibility index (Phi) is 6.61. The van der Waals surface area contributed by atoms with E-state index in [1.165, 1.54) is 36.9 Å². The lowest BCUT2D eigenvalue weighted by Gasteiger charge is -2.26. The number of hydrogen-bond acceptors (Lipinski definition) is 4. The van der Waals surface area contributed by atoms with Crippen LogP contribution >= 0.6 is 11.3 Å². The Hall–Kier alpha value is -4.68. The zero-order chi connectivity index (χ0) is 27.8. The van der Waals surface area contributed by atoms with Crippen LogP contribution in [0.25, 0.3) is 42.4 Å². The third kappa shape index (κ3) is 4.81.